The van der Waals surface area contributed by atoms with Crippen molar-refractivity contribution in [3.05, 3.63) is 30.1 Å². The van der Waals surface area contributed by atoms with Gasteiger partial charge in [0.25, 0.3) is 0 Å². The van der Waals surface area contributed by atoms with Crippen molar-refractivity contribution in [2.45, 2.75) is 39.2 Å². The molecule has 1 aromatic carbocycles. The zero-order valence-corrected chi connectivity index (χ0v) is 19.4. The number of carbonyl (C=O) groups is 1. The Bertz CT molecular complexity index is 643. The van der Waals surface area contributed by atoms with E-state index in [1.807, 2.05) is 36.8 Å². The first-order valence-electron chi connectivity index (χ1n) is 9.83. The predicted octanol–water partition coefficient (Wildman–Crippen LogP) is 2.84. The van der Waals surface area contributed by atoms with Crippen molar-refractivity contribution in [2.24, 2.45) is 4.99 Å². The van der Waals surface area contributed by atoms with E-state index >= 15 is 0 Å². The number of benzene rings is 1. The van der Waals surface area contributed by atoms with Crippen LogP contribution in [0.25, 0.3) is 0 Å². The molecule has 158 valence electrons. The Morgan fingerprint density at radius 1 is 1.36 bits per heavy atom. The van der Waals surface area contributed by atoms with Gasteiger partial charge in [-0.05, 0) is 31.9 Å². The van der Waals surface area contributed by atoms with Gasteiger partial charge >= 0.3 is 0 Å². The quantitative estimate of drug-likeness (QED) is 0.247. The van der Waals surface area contributed by atoms with Crippen LogP contribution < -0.4 is 15.5 Å². The maximum Gasteiger partial charge on any atom is 0.222 e. The molecule has 1 saturated heterocycles. The zero-order valence-electron chi connectivity index (χ0n) is 17.1. The number of anilines is 1. The summed E-state index contributed by atoms with van der Waals surface area (Å²) < 4.78 is 13.8. The summed E-state index contributed by atoms with van der Waals surface area (Å²) in [5.41, 5.74) is 0.609. The van der Waals surface area contributed by atoms with Crippen molar-refractivity contribution < 1.29 is 9.18 Å². The monoisotopic (exact) mass is 505 g/mol. The van der Waals surface area contributed by atoms with Crippen LogP contribution in [0.4, 0.5) is 10.1 Å². The first-order valence-corrected chi connectivity index (χ1v) is 9.83. The lowest BCUT2D eigenvalue weighted by atomic mass is 10.2. The summed E-state index contributed by atoms with van der Waals surface area (Å²) >= 11 is 0. The maximum absolute atomic E-state index is 13.8. The van der Waals surface area contributed by atoms with Gasteiger partial charge in [0.2, 0.25) is 5.91 Å². The number of guanidine groups is 1. The van der Waals surface area contributed by atoms with Crippen molar-refractivity contribution in [1.29, 1.82) is 0 Å². The fourth-order valence-electron chi connectivity index (χ4n) is 3.22. The normalized spacial score (nSPS) is 16.5. The number of amides is 1. The minimum atomic E-state index is -0.203. The predicted molar refractivity (Wildman–Crippen MR) is 124 cm³/mol. The number of hydrogen-bond acceptors (Lipinski definition) is 3. The molecule has 1 unspecified atom stereocenters. The molecule has 1 atom stereocenters. The highest BCUT2D eigenvalue weighted by molar-refractivity contribution is 14.0. The van der Waals surface area contributed by atoms with Crippen LogP contribution in [-0.4, -0.2) is 62.6 Å². The summed E-state index contributed by atoms with van der Waals surface area (Å²) in [5, 5.41) is 6.68. The summed E-state index contributed by atoms with van der Waals surface area (Å²) in [7, 11) is 1.89. The van der Waals surface area contributed by atoms with Crippen LogP contribution in [0.2, 0.25) is 0 Å². The SMILES string of the molecule is CCNC(=NCCCN(C)c1ccccc1F)NC1CCN(C(=O)CC)C1.I. The first kappa shape index (κ1) is 24.5. The molecule has 0 bridgehead atoms. The molecule has 1 heterocycles. The van der Waals surface area contributed by atoms with Crippen LogP contribution in [-0.2, 0) is 4.79 Å². The Hall–Kier alpha value is -1.58. The van der Waals surface area contributed by atoms with Crippen molar-refractivity contribution in [2.75, 3.05) is 44.7 Å². The molecule has 1 fully saturated rings. The van der Waals surface area contributed by atoms with E-state index < -0.39 is 0 Å². The molecule has 1 aliphatic rings. The van der Waals surface area contributed by atoms with Crippen LogP contribution in [0.5, 0.6) is 0 Å². The van der Waals surface area contributed by atoms with Crippen LogP contribution >= 0.6 is 24.0 Å². The van der Waals surface area contributed by atoms with Gasteiger partial charge in [-0.2, -0.15) is 0 Å². The second-order valence-electron chi connectivity index (χ2n) is 6.81. The fourth-order valence-corrected chi connectivity index (χ4v) is 3.22. The van der Waals surface area contributed by atoms with Crippen LogP contribution in [0.1, 0.15) is 33.1 Å². The third-order valence-corrected chi connectivity index (χ3v) is 4.71. The van der Waals surface area contributed by atoms with Gasteiger partial charge in [-0.1, -0.05) is 19.1 Å². The van der Waals surface area contributed by atoms with Crippen LogP contribution in [0.15, 0.2) is 29.3 Å². The van der Waals surface area contributed by atoms with Crippen molar-refractivity contribution in [3.8, 4) is 0 Å². The molecule has 6 nitrogen and oxygen atoms in total. The van der Waals surface area contributed by atoms with Gasteiger partial charge in [0.15, 0.2) is 5.96 Å². The Kier molecular flexibility index (Phi) is 11.2. The molecule has 0 saturated carbocycles. The van der Waals surface area contributed by atoms with E-state index in [1.54, 1.807) is 12.1 Å². The van der Waals surface area contributed by atoms with E-state index in [-0.39, 0.29) is 41.7 Å². The lowest BCUT2D eigenvalue weighted by Crippen LogP contribution is -2.45. The van der Waals surface area contributed by atoms with Crippen molar-refractivity contribution in [1.82, 2.24) is 15.5 Å². The van der Waals surface area contributed by atoms with E-state index in [2.05, 4.69) is 15.6 Å². The van der Waals surface area contributed by atoms with E-state index in [9.17, 15) is 9.18 Å². The molecular formula is C20H33FIN5O. The molecule has 1 aromatic rings. The van der Waals surface area contributed by atoms with E-state index in [1.165, 1.54) is 6.07 Å². The van der Waals surface area contributed by atoms with Gasteiger partial charge in [-0.25, -0.2) is 4.39 Å². The number of nitrogens with one attached hydrogen (secondary N) is 2. The average molecular weight is 505 g/mol. The molecule has 0 radical (unpaired) electrons. The third-order valence-electron chi connectivity index (χ3n) is 4.71. The van der Waals surface area contributed by atoms with E-state index in [0.717, 1.165) is 45.0 Å². The van der Waals surface area contributed by atoms with Gasteiger partial charge < -0.3 is 20.4 Å². The zero-order chi connectivity index (χ0) is 19.6. The molecule has 0 spiro atoms. The molecule has 2 rings (SSSR count). The Labute approximate surface area is 185 Å². The summed E-state index contributed by atoms with van der Waals surface area (Å²) in [6, 6.07) is 7.04. The second kappa shape index (κ2) is 12.8. The minimum absolute atomic E-state index is 0. The molecule has 0 aliphatic carbocycles. The fraction of sp³-hybridized carbons (Fsp3) is 0.600. The van der Waals surface area contributed by atoms with Crippen molar-refractivity contribution >= 4 is 41.5 Å². The minimum Gasteiger partial charge on any atom is -0.372 e. The summed E-state index contributed by atoms with van der Waals surface area (Å²) in [6.45, 7) is 7.62. The molecule has 1 amide bonds. The highest BCUT2D eigenvalue weighted by Gasteiger charge is 2.25. The number of rotatable bonds is 8. The number of halogens is 2. The lowest BCUT2D eigenvalue weighted by Gasteiger charge is -2.20. The largest absolute Gasteiger partial charge is 0.372 e. The van der Waals surface area contributed by atoms with Gasteiger partial charge in [0.1, 0.15) is 5.82 Å². The van der Waals surface area contributed by atoms with Crippen LogP contribution in [0.3, 0.4) is 0 Å². The number of aliphatic imine (C=N–C) groups is 1. The molecule has 0 aromatic heterocycles. The maximum atomic E-state index is 13.8. The molecule has 1 aliphatic heterocycles. The highest BCUT2D eigenvalue weighted by atomic mass is 127. The number of hydrogen-bond donors (Lipinski definition) is 2. The summed E-state index contributed by atoms with van der Waals surface area (Å²) in [6.07, 6.45) is 2.31. The van der Waals surface area contributed by atoms with Crippen LogP contribution in [0, 0.1) is 5.82 Å². The Morgan fingerprint density at radius 3 is 2.79 bits per heavy atom. The number of para-hydroxylation sites is 1. The van der Waals surface area contributed by atoms with E-state index in [4.69, 9.17) is 0 Å². The summed E-state index contributed by atoms with van der Waals surface area (Å²) in [5.74, 6) is 0.783. The molecule has 2 N–H and O–H groups in total. The topological polar surface area (TPSA) is 60.0 Å². The number of nitrogens with zero attached hydrogens (tertiary/aromatic N) is 3. The third kappa shape index (κ3) is 7.44. The smallest absolute Gasteiger partial charge is 0.222 e. The van der Waals surface area contributed by atoms with E-state index in [0.29, 0.717) is 18.7 Å². The molecular weight excluding hydrogens is 472 g/mol. The average Bonchev–Trinajstić information content (AvgIpc) is 3.13. The standard InChI is InChI=1S/C20H32FN5O.HI/c1-4-19(27)26-14-11-16(15-26)24-20(22-5-2)23-12-8-13-25(3)18-10-7-6-9-17(18)21;/h6-7,9-10,16H,4-5,8,11-15H2,1-3H3,(H2,22,23,24);1H. The number of likely N-dealkylation sites (tertiary alicyclic amines) is 1. The highest BCUT2D eigenvalue weighted by Crippen LogP contribution is 2.17. The Balaban J connectivity index is 0.00000392. The first-order chi connectivity index (χ1) is 13.0. The lowest BCUT2D eigenvalue weighted by molar-refractivity contribution is -0.129. The second-order valence-corrected chi connectivity index (χ2v) is 6.81. The molecule has 28 heavy (non-hydrogen) atoms. The molecule has 8 heteroatoms. The van der Waals surface area contributed by atoms with Gasteiger partial charge in [-0.15, -0.1) is 24.0 Å². The number of carbonyl (C=O) groups excluding carboxylic acids is 1. The van der Waals surface area contributed by atoms with Gasteiger partial charge in [-0.3, -0.25) is 9.79 Å². The van der Waals surface area contributed by atoms with Gasteiger partial charge in [0.05, 0.1) is 5.69 Å². The van der Waals surface area contributed by atoms with Crippen molar-refractivity contribution in [3.63, 3.8) is 0 Å². The van der Waals surface area contributed by atoms with Gasteiger partial charge in [0, 0.05) is 52.2 Å². The summed E-state index contributed by atoms with van der Waals surface area (Å²) in [4.78, 5) is 20.3. The Morgan fingerprint density at radius 2 is 2.11 bits per heavy atom.